The lowest BCUT2D eigenvalue weighted by atomic mass is 10.1. The molecule has 0 radical (unpaired) electrons. The summed E-state index contributed by atoms with van der Waals surface area (Å²) < 4.78 is 0. The van der Waals surface area contributed by atoms with Crippen LogP contribution in [0.3, 0.4) is 0 Å². The first-order valence-corrected chi connectivity index (χ1v) is 12.2. The van der Waals surface area contributed by atoms with Crippen molar-refractivity contribution in [3.05, 3.63) is 60.8 Å². The lowest BCUT2D eigenvalue weighted by Crippen LogP contribution is -1.79. The van der Waals surface area contributed by atoms with E-state index in [9.17, 15) is 0 Å². The van der Waals surface area contributed by atoms with Gasteiger partial charge in [-0.3, -0.25) is 0 Å². The number of allylic oxidation sites excluding steroid dienone is 10. The van der Waals surface area contributed by atoms with E-state index in [0.717, 1.165) is 0 Å². The van der Waals surface area contributed by atoms with Gasteiger partial charge in [-0.05, 0) is 25.7 Å². The lowest BCUT2D eigenvalue weighted by Gasteiger charge is -1.99. The highest BCUT2D eigenvalue weighted by Gasteiger charge is 1.90. The van der Waals surface area contributed by atoms with Crippen molar-refractivity contribution >= 4 is 0 Å². The molecule has 0 amide bonds. The Morgan fingerprint density at radius 3 is 0.964 bits per heavy atom. The average Bonchev–Trinajstić information content (AvgIpc) is 2.71. The molecule has 0 saturated carbocycles. The molecule has 0 aromatic rings. The van der Waals surface area contributed by atoms with Crippen LogP contribution in [0.25, 0.3) is 0 Å². The molecular weight excluding hydrogens is 336 g/mol. The summed E-state index contributed by atoms with van der Waals surface area (Å²) in [5, 5.41) is 0. The van der Waals surface area contributed by atoms with E-state index < -0.39 is 0 Å². The highest BCUT2D eigenvalue weighted by molar-refractivity contribution is 5.17. The van der Waals surface area contributed by atoms with Crippen LogP contribution in [0.15, 0.2) is 60.8 Å². The summed E-state index contributed by atoms with van der Waals surface area (Å²) in [6, 6.07) is 0. The van der Waals surface area contributed by atoms with Gasteiger partial charge in [0.2, 0.25) is 0 Å². The SMILES string of the molecule is CCCCCCCCC=CC=CC=CC=CC=CCCCCCCCCCC. The van der Waals surface area contributed by atoms with E-state index in [0.29, 0.717) is 0 Å². The summed E-state index contributed by atoms with van der Waals surface area (Å²) in [5.74, 6) is 0. The Morgan fingerprint density at radius 1 is 0.321 bits per heavy atom. The molecule has 0 aliphatic heterocycles. The maximum atomic E-state index is 2.29. The van der Waals surface area contributed by atoms with Crippen LogP contribution in [-0.2, 0) is 0 Å². The zero-order chi connectivity index (χ0) is 20.4. The van der Waals surface area contributed by atoms with Gasteiger partial charge in [-0.25, -0.2) is 0 Å². The Bertz CT molecular complexity index is 419. The third-order valence-electron chi connectivity index (χ3n) is 5.00. The lowest BCUT2D eigenvalue weighted by molar-refractivity contribution is 0.577. The molecule has 0 heterocycles. The summed E-state index contributed by atoms with van der Waals surface area (Å²) in [5.41, 5.74) is 0. The second-order valence-electron chi connectivity index (χ2n) is 7.83. The first-order valence-electron chi connectivity index (χ1n) is 12.2. The fourth-order valence-electron chi connectivity index (χ4n) is 3.17. The molecule has 0 nitrogen and oxygen atoms in total. The highest BCUT2D eigenvalue weighted by atomic mass is 14.0. The van der Waals surface area contributed by atoms with Crippen molar-refractivity contribution in [2.45, 2.75) is 117 Å². The smallest absolute Gasteiger partial charge is 0.0348 e. The molecule has 0 aliphatic carbocycles. The van der Waals surface area contributed by atoms with Gasteiger partial charge >= 0.3 is 0 Å². The molecule has 0 aromatic carbocycles. The molecule has 0 fully saturated rings. The summed E-state index contributed by atoms with van der Waals surface area (Å²) >= 11 is 0. The van der Waals surface area contributed by atoms with Crippen LogP contribution in [0.4, 0.5) is 0 Å². The van der Waals surface area contributed by atoms with Gasteiger partial charge in [0, 0.05) is 0 Å². The highest BCUT2D eigenvalue weighted by Crippen LogP contribution is 2.10. The van der Waals surface area contributed by atoms with Crippen molar-refractivity contribution in [3.63, 3.8) is 0 Å². The first kappa shape index (κ1) is 26.7. The van der Waals surface area contributed by atoms with Crippen molar-refractivity contribution in [1.82, 2.24) is 0 Å². The third-order valence-corrected chi connectivity index (χ3v) is 5.00. The molecule has 0 saturated heterocycles. The minimum absolute atomic E-state index is 1.21. The number of rotatable bonds is 20. The molecule has 160 valence electrons. The number of hydrogen-bond acceptors (Lipinski definition) is 0. The minimum atomic E-state index is 1.21. The van der Waals surface area contributed by atoms with E-state index in [1.807, 2.05) is 0 Å². The van der Waals surface area contributed by atoms with E-state index in [-0.39, 0.29) is 0 Å². The molecule has 0 unspecified atom stereocenters. The standard InChI is InChI=1S/C28H48/c1-3-5-7-9-11-13-15-17-19-21-23-25-27-28-26-24-22-20-18-16-14-12-10-8-6-4-2/h17,19,21-28H,3-16,18,20H2,1-2H3. The maximum absolute atomic E-state index is 2.29. The molecule has 0 heteroatoms. The van der Waals surface area contributed by atoms with Crippen molar-refractivity contribution in [2.24, 2.45) is 0 Å². The van der Waals surface area contributed by atoms with Crippen molar-refractivity contribution in [1.29, 1.82) is 0 Å². The van der Waals surface area contributed by atoms with E-state index >= 15 is 0 Å². The largest absolute Gasteiger partial charge is 0.0845 e. The van der Waals surface area contributed by atoms with Crippen LogP contribution < -0.4 is 0 Å². The predicted octanol–water partition coefficient (Wildman–Crippen LogP) is 10.0. The van der Waals surface area contributed by atoms with Crippen molar-refractivity contribution < 1.29 is 0 Å². The van der Waals surface area contributed by atoms with Crippen LogP contribution in [0.2, 0.25) is 0 Å². The van der Waals surface area contributed by atoms with Gasteiger partial charge in [-0.1, -0.05) is 152 Å². The third kappa shape index (κ3) is 24.7. The Labute approximate surface area is 177 Å². The topological polar surface area (TPSA) is 0 Å². The molecule has 0 rings (SSSR count). The van der Waals surface area contributed by atoms with Gasteiger partial charge in [-0.15, -0.1) is 0 Å². The number of unbranched alkanes of at least 4 members (excludes halogenated alkanes) is 14. The van der Waals surface area contributed by atoms with E-state index in [1.54, 1.807) is 0 Å². The molecular formula is C28H48. The summed E-state index contributed by atoms with van der Waals surface area (Å²) in [6.45, 7) is 4.55. The maximum Gasteiger partial charge on any atom is -0.0348 e. The van der Waals surface area contributed by atoms with Crippen LogP contribution in [0, 0.1) is 0 Å². The van der Waals surface area contributed by atoms with Crippen molar-refractivity contribution in [2.75, 3.05) is 0 Å². The fraction of sp³-hybridized carbons (Fsp3) is 0.643. The zero-order valence-corrected chi connectivity index (χ0v) is 19.1. The molecule has 0 spiro atoms. The summed E-state index contributed by atoms with van der Waals surface area (Å²) in [6.07, 6.45) is 43.4. The molecule has 0 atom stereocenters. The Morgan fingerprint density at radius 2 is 0.607 bits per heavy atom. The van der Waals surface area contributed by atoms with Crippen LogP contribution >= 0.6 is 0 Å². The Kier molecular flexibility index (Phi) is 24.5. The van der Waals surface area contributed by atoms with Crippen LogP contribution in [0.5, 0.6) is 0 Å². The Balaban J connectivity index is 3.43. The van der Waals surface area contributed by atoms with E-state index in [1.165, 1.54) is 103 Å². The van der Waals surface area contributed by atoms with Crippen LogP contribution in [0.1, 0.15) is 117 Å². The summed E-state index contributed by atoms with van der Waals surface area (Å²) in [7, 11) is 0. The molecule has 0 aliphatic rings. The normalized spacial score (nSPS) is 12.8. The van der Waals surface area contributed by atoms with Gasteiger partial charge < -0.3 is 0 Å². The van der Waals surface area contributed by atoms with Crippen molar-refractivity contribution in [3.8, 4) is 0 Å². The fourth-order valence-corrected chi connectivity index (χ4v) is 3.17. The van der Waals surface area contributed by atoms with Crippen LogP contribution in [-0.4, -0.2) is 0 Å². The molecule has 0 aromatic heterocycles. The predicted molar refractivity (Wildman–Crippen MR) is 131 cm³/mol. The quantitative estimate of drug-likeness (QED) is 0.145. The van der Waals surface area contributed by atoms with E-state index in [2.05, 4.69) is 74.6 Å². The second-order valence-corrected chi connectivity index (χ2v) is 7.83. The summed E-state index contributed by atoms with van der Waals surface area (Å²) in [4.78, 5) is 0. The minimum Gasteiger partial charge on any atom is -0.0845 e. The van der Waals surface area contributed by atoms with Gasteiger partial charge in [0.15, 0.2) is 0 Å². The Hall–Kier alpha value is -1.30. The molecule has 0 bridgehead atoms. The second kappa shape index (κ2) is 25.7. The van der Waals surface area contributed by atoms with Gasteiger partial charge in [0.25, 0.3) is 0 Å². The average molecular weight is 385 g/mol. The van der Waals surface area contributed by atoms with Gasteiger partial charge in [-0.2, -0.15) is 0 Å². The van der Waals surface area contributed by atoms with Gasteiger partial charge in [0.1, 0.15) is 0 Å². The van der Waals surface area contributed by atoms with E-state index in [4.69, 9.17) is 0 Å². The zero-order valence-electron chi connectivity index (χ0n) is 19.1. The molecule has 28 heavy (non-hydrogen) atoms. The number of hydrogen-bond donors (Lipinski definition) is 0. The van der Waals surface area contributed by atoms with Gasteiger partial charge in [0.05, 0.1) is 0 Å². The molecule has 0 N–H and O–H groups in total. The monoisotopic (exact) mass is 384 g/mol. The first-order chi connectivity index (χ1) is 13.9.